The molecular weight excluding hydrogens is 660 g/mol. The number of rotatable bonds is 2. The molecule has 1 aromatic heterocycles. The standard InChI is InChI=1S/C21H12N3O2SeTe2/c25-19-13(20(26)23-21(28)22-19)11-12-9-10-18(27-12)24-14-5-1-3-7-16(14)29-17-8-4-2-6-15(17)24/h1-11H,(H,22,23,25,26). The van der Waals surface area contributed by atoms with E-state index in [0.29, 0.717) is 3.88 Å². The van der Waals surface area contributed by atoms with Crippen LogP contribution in [0.5, 0.6) is 0 Å². The zero-order chi connectivity index (χ0) is 20.0. The van der Waals surface area contributed by atoms with Gasteiger partial charge in [0.25, 0.3) is 0 Å². The minimum absolute atomic E-state index is 0.0253. The monoisotopic (exact) mass is 678 g/mol. The first-order chi connectivity index (χ1) is 14.1. The molecule has 1 N–H and O–H groups in total. The van der Waals surface area contributed by atoms with Gasteiger partial charge in [0.1, 0.15) is 0 Å². The van der Waals surface area contributed by atoms with E-state index in [1.165, 1.54) is 45.5 Å². The first kappa shape index (κ1) is 19.3. The van der Waals surface area contributed by atoms with Crippen molar-refractivity contribution in [1.82, 2.24) is 5.32 Å². The third-order valence-electron chi connectivity index (χ3n) is 4.45. The van der Waals surface area contributed by atoms with Gasteiger partial charge in [-0.05, 0) is 0 Å². The Balaban J connectivity index is 1.58. The van der Waals surface area contributed by atoms with E-state index in [0.717, 1.165) is 4.44 Å². The van der Waals surface area contributed by atoms with Crippen LogP contribution in [0.4, 0.5) is 15.9 Å². The van der Waals surface area contributed by atoms with Gasteiger partial charge in [0, 0.05) is 0 Å². The van der Waals surface area contributed by atoms with Crippen LogP contribution in [-0.4, -0.2) is 73.4 Å². The number of amidine groups is 1. The first-order valence-corrected chi connectivity index (χ1v) is 13.9. The van der Waals surface area contributed by atoms with Crippen LogP contribution in [0.15, 0.2) is 71.2 Å². The summed E-state index contributed by atoms with van der Waals surface area (Å²) < 4.78 is 5.38. The number of nitrogens with zero attached hydrogens (tertiary/aromatic N) is 2. The van der Waals surface area contributed by atoms with E-state index >= 15 is 0 Å². The minimum atomic E-state index is -0.474. The van der Waals surface area contributed by atoms with Crippen molar-refractivity contribution in [1.29, 1.82) is 0 Å². The Morgan fingerprint density at radius 1 is 0.966 bits per heavy atom. The van der Waals surface area contributed by atoms with E-state index in [4.69, 9.17) is 0 Å². The Labute approximate surface area is 196 Å². The van der Waals surface area contributed by atoms with Crippen molar-refractivity contribution in [3.05, 3.63) is 70.7 Å². The van der Waals surface area contributed by atoms with Crippen LogP contribution in [0, 0.1) is 0 Å². The number of anilines is 3. The first-order valence-electron chi connectivity index (χ1n) is 8.69. The normalized spacial score (nSPS) is 16.9. The van der Waals surface area contributed by atoms with Gasteiger partial charge in [-0.2, -0.15) is 0 Å². The van der Waals surface area contributed by atoms with E-state index < -0.39 is 26.8 Å². The van der Waals surface area contributed by atoms with E-state index in [9.17, 15) is 9.59 Å². The van der Waals surface area contributed by atoms with Crippen LogP contribution in [0.25, 0.3) is 6.08 Å². The van der Waals surface area contributed by atoms with E-state index in [-0.39, 0.29) is 26.0 Å². The molecule has 0 spiro atoms. The van der Waals surface area contributed by atoms with Gasteiger partial charge in [-0.25, -0.2) is 0 Å². The zero-order valence-electron chi connectivity index (χ0n) is 14.8. The Morgan fingerprint density at radius 2 is 1.62 bits per heavy atom. The number of aliphatic imine (C=N–C) groups is 1. The molecule has 0 saturated heterocycles. The molecule has 3 aromatic rings. The Morgan fingerprint density at radius 3 is 2.28 bits per heavy atom. The predicted octanol–water partition coefficient (Wildman–Crippen LogP) is 0.746. The van der Waals surface area contributed by atoms with Gasteiger partial charge >= 0.3 is 198 Å². The maximum absolute atomic E-state index is 12.2. The molecule has 1 radical (unpaired) electrons. The fourth-order valence-corrected chi connectivity index (χ4v) is 8.77. The van der Waals surface area contributed by atoms with E-state index in [2.05, 4.69) is 69.8 Å². The molecule has 0 aliphatic carbocycles. The molecule has 2 aromatic carbocycles. The number of hydrogen-bond donors (Lipinski definition) is 1. The predicted molar refractivity (Wildman–Crippen MR) is 117 cm³/mol. The number of benzene rings is 2. The van der Waals surface area contributed by atoms with Crippen LogP contribution < -0.4 is 17.4 Å². The number of hydrogen-bond acceptors (Lipinski definition) is 3. The van der Waals surface area contributed by atoms with Crippen molar-refractivity contribution in [3.63, 3.8) is 0 Å². The molecule has 2 aliphatic heterocycles. The molecule has 29 heavy (non-hydrogen) atoms. The van der Waals surface area contributed by atoms with Gasteiger partial charge in [0.05, 0.1) is 0 Å². The number of para-hydroxylation sites is 2. The van der Waals surface area contributed by atoms with Crippen molar-refractivity contribution in [2.45, 2.75) is 0 Å². The summed E-state index contributed by atoms with van der Waals surface area (Å²) in [5.41, 5.74) is 2.60. The molecule has 141 valence electrons. The topological polar surface area (TPSA) is 61.8 Å². The molecule has 0 fully saturated rings. The zero-order valence-corrected chi connectivity index (χ0v) is 21.2. The van der Waals surface area contributed by atoms with Crippen LogP contribution in [0.2, 0.25) is 0 Å². The third-order valence-corrected chi connectivity index (χ3v) is 10.4. The summed E-state index contributed by atoms with van der Waals surface area (Å²) in [6.07, 6.45) is 1.69. The van der Waals surface area contributed by atoms with E-state index in [1.807, 2.05) is 6.07 Å². The molecule has 5 nitrogen and oxygen atoms in total. The average molecular weight is 673 g/mol. The number of nitrogens with one attached hydrogen (secondary N) is 1. The molecule has 8 heteroatoms. The summed E-state index contributed by atoms with van der Waals surface area (Å²) in [6, 6.07) is 21.3. The molecule has 5 rings (SSSR count). The van der Waals surface area contributed by atoms with Gasteiger partial charge in [-0.1, -0.05) is 0 Å². The summed E-state index contributed by atoms with van der Waals surface area (Å²) in [4.78, 5) is 30.5. The fraction of sp³-hybridized carbons (Fsp3) is 0. The summed E-state index contributed by atoms with van der Waals surface area (Å²) in [7, 11) is 0. The van der Waals surface area contributed by atoms with Crippen LogP contribution in [0.3, 0.4) is 0 Å². The molecule has 0 bridgehead atoms. The van der Waals surface area contributed by atoms with Gasteiger partial charge in [-0.15, -0.1) is 0 Å². The second-order valence-corrected chi connectivity index (χ2v) is 12.8. The van der Waals surface area contributed by atoms with Crippen molar-refractivity contribution in [2.75, 3.05) is 4.90 Å². The quantitative estimate of drug-likeness (QED) is 0.195. The summed E-state index contributed by atoms with van der Waals surface area (Å²) in [5, 5.41) is 2.62. The molecule has 0 atom stereocenters. The van der Waals surface area contributed by atoms with Crippen molar-refractivity contribution in [2.24, 2.45) is 4.99 Å². The second-order valence-electron chi connectivity index (χ2n) is 6.28. The summed E-state index contributed by atoms with van der Waals surface area (Å²) in [5.74, 6) is -0.854. The van der Waals surface area contributed by atoms with Crippen LogP contribution in [-0.2, 0) is 9.59 Å². The van der Waals surface area contributed by atoms with Crippen LogP contribution >= 0.6 is 0 Å². The number of fused-ring (bicyclic) bond motifs is 2. The molecule has 2 amide bonds. The Bertz CT molecular complexity index is 1190. The number of amides is 2. The second kappa shape index (κ2) is 7.89. The van der Waals surface area contributed by atoms with Gasteiger partial charge in [0.15, 0.2) is 0 Å². The number of carbonyl (C=O) groups is 2. The average Bonchev–Trinajstić information content (AvgIpc) is 3.17. The molecular formula is C21H12N3O2SeTe2. The SMILES string of the molecule is O=C1N=C([Te])NC(=O)/C1=C\c1ccc(N2c3ccccc3[Te]c3ccccc32)[se]1. The molecule has 0 saturated carbocycles. The van der Waals surface area contributed by atoms with Crippen molar-refractivity contribution in [3.8, 4) is 0 Å². The third kappa shape index (κ3) is 3.66. The molecule has 3 heterocycles. The van der Waals surface area contributed by atoms with Crippen LogP contribution in [0.1, 0.15) is 4.44 Å². The van der Waals surface area contributed by atoms with Gasteiger partial charge in [0.2, 0.25) is 0 Å². The van der Waals surface area contributed by atoms with Gasteiger partial charge < -0.3 is 0 Å². The van der Waals surface area contributed by atoms with Gasteiger partial charge in [-0.3, -0.25) is 0 Å². The van der Waals surface area contributed by atoms with Crippen molar-refractivity contribution < 1.29 is 9.59 Å². The number of carbonyl (C=O) groups excluding carboxylic acids is 2. The summed E-state index contributed by atoms with van der Waals surface area (Å²) >= 11 is 1.09. The van der Waals surface area contributed by atoms with E-state index in [1.54, 1.807) is 6.08 Å². The Kier molecular flexibility index (Phi) is 5.26. The molecule has 0 unspecified atom stereocenters. The fourth-order valence-electron chi connectivity index (χ4n) is 3.19. The molecule has 2 aliphatic rings. The maximum atomic E-state index is 12.2. The Hall–Kier alpha value is -1.63. The van der Waals surface area contributed by atoms with Crippen molar-refractivity contribution >= 4 is 103 Å². The summed E-state index contributed by atoms with van der Waals surface area (Å²) in [6.45, 7) is 0.